The molecule has 0 spiro atoms. The molecule has 0 radical (unpaired) electrons. The predicted molar refractivity (Wildman–Crippen MR) is 58.9 cm³/mol. The summed E-state index contributed by atoms with van der Waals surface area (Å²) in [6.45, 7) is 3.34. The van der Waals surface area contributed by atoms with Gasteiger partial charge in [0.1, 0.15) is 4.83 Å². The molecule has 74 valence electrons. The van der Waals surface area contributed by atoms with E-state index in [0.717, 1.165) is 5.56 Å². The van der Waals surface area contributed by atoms with Crippen LogP contribution in [0.3, 0.4) is 0 Å². The van der Waals surface area contributed by atoms with Gasteiger partial charge in [0, 0.05) is 5.56 Å². The lowest BCUT2D eigenvalue weighted by atomic mass is 10.1. The molecule has 0 fully saturated rings. The van der Waals surface area contributed by atoms with Crippen molar-refractivity contribution in [2.24, 2.45) is 0 Å². The highest BCUT2D eigenvalue weighted by atomic mass is 79.9. The fraction of sp³-hybridized carbons (Fsp3) is 0.273. The summed E-state index contributed by atoms with van der Waals surface area (Å²) in [5.41, 5.74) is 1.66. The average Bonchev–Trinajstić information content (AvgIpc) is 2.16. The maximum Gasteiger partial charge on any atom is 0.183 e. The van der Waals surface area contributed by atoms with Crippen LogP contribution < -0.4 is 0 Å². The molecule has 0 aromatic heterocycles. The molecule has 3 heteroatoms. The molecule has 0 amide bonds. The summed E-state index contributed by atoms with van der Waals surface area (Å²) in [4.78, 5) is 21.9. The first-order chi connectivity index (χ1) is 6.52. The number of Topliss-reactive ketones (excluding diaryl/α,β-unsaturated/α-hetero) is 2. The SMILES string of the molecule is CC(=O)C(Br)C(=O)c1ccc(C)cc1. The van der Waals surface area contributed by atoms with Crippen LogP contribution in [0.4, 0.5) is 0 Å². The Labute approximate surface area is 91.4 Å². The largest absolute Gasteiger partial charge is 0.298 e. The molecule has 0 saturated heterocycles. The fourth-order valence-corrected chi connectivity index (χ4v) is 1.31. The van der Waals surface area contributed by atoms with Crippen LogP contribution in [0.5, 0.6) is 0 Å². The second kappa shape index (κ2) is 4.51. The molecule has 0 N–H and O–H groups in total. The maximum atomic E-state index is 11.6. The van der Waals surface area contributed by atoms with Gasteiger partial charge in [-0.15, -0.1) is 0 Å². The van der Waals surface area contributed by atoms with Gasteiger partial charge in [0.25, 0.3) is 0 Å². The zero-order valence-corrected chi connectivity index (χ0v) is 9.67. The summed E-state index contributed by atoms with van der Waals surface area (Å²) < 4.78 is 0. The first-order valence-electron chi connectivity index (χ1n) is 4.28. The van der Waals surface area contributed by atoms with Gasteiger partial charge >= 0.3 is 0 Å². The third kappa shape index (κ3) is 2.51. The Hall–Kier alpha value is -0.960. The van der Waals surface area contributed by atoms with E-state index in [4.69, 9.17) is 0 Å². The van der Waals surface area contributed by atoms with Crippen molar-refractivity contribution in [2.45, 2.75) is 18.7 Å². The highest BCUT2D eigenvalue weighted by Gasteiger charge is 2.20. The summed E-state index contributed by atoms with van der Waals surface area (Å²) in [7, 11) is 0. The van der Waals surface area contributed by atoms with Crippen molar-refractivity contribution >= 4 is 27.5 Å². The van der Waals surface area contributed by atoms with Crippen molar-refractivity contribution in [2.75, 3.05) is 0 Å². The zero-order chi connectivity index (χ0) is 10.7. The smallest absolute Gasteiger partial charge is 0.183 e. The zero-order valence-electron chi connectivity index (χ0n) is 8.08. The van der Waals surface area contributed by atoms with Crippen LogP contribution in [0.15, 0.2) is 24.3 Å². The van der Waals surface area contributed by atoms with Gasteiger partial charge in [-0.1, -0.05) is 45.8 Å². The summed E-state index contributed by atoms with van der Waals surface area (Å²) in [5, 5.41) is 0. The number of alkyl halides is 1. The topological polar surface area (TPSA) is 34.1 Å². The molecule has 0 aliphatic carbocycles. The number of carbonyl (C=O) groups is 2. The lowest BCUT2D eigenvalue weighted by Gasteiger charge is -2.04. The molecule has 1 atom stereocenters. The van der Waals surface area contributed by atoms with Crippen molar-refractivity contribution in [3.05, 3.63) is 35.4 Å². The van der Waals surface area contributed by atoms with E-state index in [2.05, 4.69) is 15.9 Å². The van der Waals surface area contributed by atoms with Gasteiger partial charge in [-0.2, -0.15) is 0 Å². The first kappa shape index (κ1) is 11.1. The number of benzene rings is 1. The van der Waals surface area contributed by atoms with Crippen LogP contribution in [-0.2, 0) is 4.79 Å². The van der Waals surface area contributed by atoms with Crippen LogP contribution in [0.25, 0.3) is 0 Å². The average molecular weight is 255 g/mol. The van der Waals surface area contributed by atoms with Crippen molar-refractivity contribution in [3.63, 3.8) is 0 Å². The lowest BCUT2D eigenvalue weighted by molar-refractivity contribution is -0.115. The fourth-order valence-electron chi connectivity index (χ4n) is 1.05. The van der Waals surface area contributed by atoms with Crippen molar-refractivity contribution in [1.29, 1.82) is 0 Å². The minimum absolute atomic E-state index is 0.171. The Balaban J connectivity index is 2.90. The van der Waals surface area contributed by atoms with Crippen LogP contribution >= 0.6 is 15.9 Å². The van der Waals surface area contributed by atoms with E-state index in [1.165, 1.54) is 6.92 Å². The van der Waals surface area contributed by atoms with Crippen LogP contribution in [0.1, 0.15) is 22.8 Å². The van der Waals surface area contributed by atoms with E-state index < -0.39 is 4.83 Å². The molecule has 0 aliphatic heterocycles. The van der Waals surface area contributed by atoms with E-state index in [0.29, 0.717) is 5.56 Å². The molecule has 0 aliphatic rings. The van der Waals surface area contributed by atoms with Crippen LogP contribution in [0, 0.1) is 6.92 Å². The molecule has 0 heterocycles. The summed E-state index contributed by atoms with van der Waals surface area (Å²) in [6, 6.07) is 7.17. The lowest BCUT2D eigenvalue weighted by Crippen LogP contribution is -2.21. The van der Waals surface area contributed by atoms with E-state index in [-0.39, 0.29) is 11.6 Å². The van der Waals surface area contributed by atoms with E-state index in [1.807, 2.05) is 19.1 Å². The summed E-state index contributed by atoms with van der Waals surface area (Å²) >= 11 is 3.06. The van der Waals surface area contributed by atoms with Crippen molar-refractivity contribution < 1.29 is 9.59 Å². The molecule has 1 aromatic rings. The molecule has 0 bridgehead atoms. The van der Waals surface area contributed by atoms with Gasteiger partial charge in [0.15, 0.2) is 11.6 Å². The molecular formula is C11H11BrO2. The maximum absolute atomic E-state index is 11.6. The number of hydrogen-bond donors (Lipinski definition) is 0. The van der Waals surface area contributed by atoms with Crippen molar-refractivity contribution in [3.8, 4) is 0 Å². The molecule has 14 heavy (non-hydrogen) atoms. The highest BCUT2D eigenvalue weighted by Crippen LogP contribution is 2.12. The molecule has 2 nitrogen and oxygen atoms in total. The Morgan fingerprint density at radius 1 is 1.21 bits per heavy atom. The third-order valence-corrected chi connectivity index (χ3v) is 2.98. The second-order valence-corrected chi connectivity index (χ2v) is 4.12. The minimum atomic E-state index is -0.717. The Morgan fingerprint density at radius 2 is 1.71 bits per heavy atom. The van der Waals surface area contributed by atoms with E-state index >= 15 is 0 Å². The number of halogens is 1. The Kier molecular flexibility index (Phi) is 3.58. The van der Waals surface area contributed by atoms with Crippen LogP contribution in [0.2, 0.25) is 0 Å². The van der Waals surface area contributed by atoms with Gasteiger partial charge in [0.2, 0.25) is 0 Å². The van der Waals surface area contributed by atoms with Gasteiger partial charge in [-0.25, -0.2) is 0 Å². The molecule has 0 saturated carbocycles. The first-order valence-corrected chi connectivity index (χ1v) is 5.19. The molecular weight excluding hydrogens is 244 g/mol. The third-order valence-electron chi connectivity index (χ3n) is 1.92. The van der Waals surface area contributed by atoms with Gasteiger partial charge < -0.3 is 0 Å². The number of ketones is 2. The van der Waals surface area contributed by atoms with Gasteiger partial charge in [-0.3, -0.25) is 9.59 Å². The van der Waals surface area contributed by atoms with Gasteiger partial charge in [0.05, 0.1) is 0 Å². The minimum Gasteiger partial charge on any atom is -0.298 e. The molecule has 1 unspecified atom stereocenters. The number of rotatable bonds is 3. The molecule has 1 aromatic carbocycles. The highest BCUT2D eigenvalue weighted by molar-refractivity contribution is 9.10. The van der Waals surface area contributed by atoms with Crippen LogP contribution in [-0.4, -0.2) is 16.4 Å². The van der Waals surface area contributed by atoms with Crippen molar-refractivity contribution in [1.82, 2.24) is 0 Å². The summed E-state index contributed by atoms with van der Waals surface area (Å²) in [5.74, 6) is -0.354. The predicted octanol–water partition coefficient (Wildman–Crippen LogP) is 2.53. The standard InChI is InChI=1S/C11H11BrO2/c1-7-3-5-9(6-4-7)11(14)10(12)8(2)13/h3-6,10H,1-2H3. The summed E-state index contributed by atoms with van der Waals surface area (Å²) in [6.07, 6.45) is 0. The second-order valence-electron chi connectivity index (χ2n) is 3.20. The van der Waals surface area contributed by atoms with Gasteiger partial charge in [-0.05, 0) is 13.8 Å². The number of carbonyl (C=O) groups excluding carboxylic acids is 2. The van der Waals surface area contributed by atoms with E-state index in [9.17, 15) is 9.59 Å². The van der Waals surface area contributed by atoms with E-state index in [1.54, 1.807) is 12.1 Å². The monoisotopic (exact) mass is 254 g/mol. The quantitative estimate of drug-likeness (QED) is 0.472. The Morgan fingerprint density at radius 3 is 2.14 bits per heavy atom. The Bertz CT molecular complexity index is 354. The molecule has 1 rings (SSSR count). The number of hydrogen-bond acceptors (Lipinski definition) is 2. The number of aryl methyl sites for hydroxylation is 1. The normalized spacial score (nSPS) is 12.2.